The fraction of sp³-hybridized carbons (Fsp3) is 0.611. The van der Waals surface area contributed by atoms with Crippen LogP contribution in [0, 0.1) is 0 Å². The lowest BCUT2D eigenvalue weighted by molar-refractivity contribution is -0.137. The molecule has 0 aliphatic heterocycles. The van der Waals surface area contributed by atoms with E-state index in [1.54, 1.807) is 0 Å². The molecule has 0 spiro atoms. The Morgan fingerprint density at radius 1 is 0.800 bits per heavy atom. The number of carbonyl (C=O) groups is 1. The van der Waals surface area contributed by atoms with E-state index in [-0.39, 0.29) is 0 Å². The lowest BCUT2D eigenvalue weighted by Crippen LogP contribution is -1.93. The van der Waals surface area contributed by atoms with Crippen molar-refractivity contribution < 1.29 is 9.90 Å². The SMILES string of the molecule is CCC=CCC=CCC/C=C\CCCCCCC(=O)O. The van der Waals surface area contributed by atoms with Gasteiger partial charge in [-0.05, 0) is 44.9 Å². The van der Waals surface area contributed by atoms with Crippen molar-refractivity contribution in [3.63, 3.8) is 0 Å². The van der Waals surface area contributed by atoms with Crippen LogP contribution in [0.5, 0.6) is 0 Å². The molecule has 0 rings (SSSR count). The van der Waals surface area contributed by atoms with Crippen molar-refractivity contribution in [1.82, 2.24) is 0 Å². The Morgan fingerprint density at radius 2 is 1.40 bits per heavy atom. The van der Waals surface area contributed by atoms with Crippen LogP contribution in [0.2, 0.25) is 0 Å². The molecule has 0 aromatic rings. The van der Waals surface area contributed by atoms with Gasteiger partial charge in [-0.2, -0.15) is 0 Å². The van der Waals surface area contributed by atoms with Crippen molar-refractivity contribution in [2.75, 3.05) is 0 Å². The smallest absolute Gasteiger partial charge is 0.303 e. The van der Waals surface area contributed by atoms with E-state index in [1.165, 1.54) is 6.42 Å². The summed E-state index contributed by atoms with van der Waals surface area (Å²) in [7, 11) is 0. The third-order valence-corrected chi connectivity index (χ3v) is 3.02. The minimum atomic E-state index is -0.678. The van der Waals surface area contributed by atoms with Gasteiger partial charge in [0.05, 0.1) is 0 Å². The molecule has 114 valence electrons. The summed E-state index contributed by atoms with van der Waals surface area (Å²) < 4.78 is 0. The first kappa shape index (κ1) is 18.7. The molecule has 0 amide bonds. The van der Waals surface area contributed by atoms with Crippen LogP contribution in [0.3, 0.4) is 0 Å². The third kappa shape index (κ3) is 16.7. The summed E-state index contributed by atoms with van der Waals surface area (Å²) in [6, 6.07) is 0. The van der Waals surface area contributed by atoms with Gasteiger partial charge < -0.3 is 5.11 Å². The Morgan fingerprint density at radius 3 is 2.10 bits per heavy atom. The molecule has 20 heavy (non-hydrogen) atoms. The van der Waals surface area contributed by atoms with Crippen molar-refractivity contribution in [1.29, 1.82) is 0 Å². The van der Waals surface area contributed by atoms with Crippen molar-refractivity contribution in [3.05, 3.63) is 36.5 Å². The maximum Gasteiger partial charge on any atom is 0.303 e. The molecule has 0 radical (unpaired) electrons. The number of aliphatic carboxylic acids is 1. The second-order valence-corrected chi connectivity index (χ2v) is 4.98. The standard InChI is InChI=1S/C18H30O2/c1-2-3-4-5-6-7-8-9-10-11-12-13-14-15-16-17-18(19)20/h3-4,6-7,10-11H,2,5,8-9,12-17H2,1H3,(H,19,20)/b4-3?,7-6?,11-10-. The summed E-state index contributed by atoms with van der Waals surface area (Å²) in [5.74, 6) is -0.678. The summed E-state index contributed by atoms with van der Waals surface area (Å²) in [4.78, 5) is 10.3. The minimum Gasteiger partial charge on any atom is -0.481 e. The first-order chi connectivity index (χ1) is 9.77. The second-order valence-electron chi connectivity index (χ2n) is 4.98. The molecule has 0 aliphatic rings. The van der Waals surface area contributed by atoms with Gasteiger partial charge in [-0.25, -0.2) is 0 Å². The molecule has 0 atom stereocenters. The van der Waals surface area contributed by atoms with Gasteiger partial charge in [0.1, 0.15) is 0 Å². The highest BCUT2D eigenvalue weighted by atomic mass is 16.4. The number of hydrogen-bond acceptors (Lipinski definition) is 1. The van der Waals surface area contributed by atoms with Crippen molar-refractivity contribution in [2.45, 2.75) is 71.1 Å². The number of allylic oxidation sites excluding steroid dienone is 6. The minimum absolute atomic E-state index is 0.315. The van der Waals surface area contributed by atoms with Gasteiger partial charge >= 0.3 is 5.97 Å². The number of carboxylic acid groups (broad SMARTS) is 1. The Bertz CT molecular complexity index is 301. The fourth-order valence-electron chi connectivity index (χ4n) is 1.88. The average Bonchev–Trinajstić information content (AvgIpc) is 2.43. The Hall–Kier alpha value is -1.31. The van der Waals surface area contributed by atoms with Crippen LogP contribution in [0.4, 0.5) is 0 Å². The second kappa shape index (κ2) is 15.7. The molecular weight excluding hydrogens is 248 g/mol. The number of unbranched alkanes of at least 4 members (excludes halogenated alkanes) is 5. The molecule has 2 heteroatoms. The summed E-state index contributed by atoms with van der Waals surface area (Å²) in [6.07, 6.45) is 23.4. The summed E-state index contributed by atoms with van der Waals surface area (Å²) in [5.41, 5.74) is 0. The van der Waals surface area contributed by atoms with Crippen LogP contribution in [-0.2, 0) is 4.79 Å². The van der Waals surface area contributed by atoms with Crippen molar-refractivity contribution in [3.8, 4) is 0 Å². The van der Waals surface area contributed by atoms with Crippen LogP contribution in [0.15, 0.2) is 36.5 Å². The van der Waals surface area contributed by atoms with Crippen LogP contribution in [0.25, 0.3) is 0 Å². The number of carboxylic acids is 1. The monoisotopic (exact) mass is 278 g/mol. The molecular formula is C18H30O2. The highest BCUT2D eigenvalue weighted by Gasteiger charge is 1.95. The fourth-order valence-corrected chi connectivity index (χ4v) is 1.88. The topological polar surface area (TPSA) is 37.3 Å². The average molecular weight is 278 g/mol. The quantitative estimate of drug-likeness (QED) is 0.348. The van der Waals surface area contributed by atoms with E-state index in [0.717, 1.165) is 51.4 Å². The zero-order valence-electron chi connectivity index (χ0n) is 12.9. The van der Waals surface area contributed by atoms with E-state index < -0.39 is 5.97 Å². The van der Waals surface area contributed by atoms with Gasteiger partial charge in [0.15, 0.2) is 0 Å². The summed E-state index contributed by atoms with van der Waals surface area (Å²) >= 11 is 0. The first-order valence-electron chi connectivity index (χ1n) is 7.94. The molecule has 0 fully saturated rings. The van der Waals surface area contributed by atoms with E-state index in [2.05, 4.69) is 43.4 Å². The van der Waals surface area contributed by atoms with Gasteiger partial charge in [-0.1, -0.05) is 56.2 Å². The van der Waals surface area contributed by atoms with Gasteiger partial charge in [0.25, 0.3) is 0 Å². The van der Waals surface area contributed by atoms with Gasteiger partial charge in [-0.3, -0.25) is 4.79 Å². The molecule has 1 N–H and O–H groups in total. The van der Waals surface area contributed by atoms with Crippen LogP contribution in [0.1, 0.15) is 71.1 Å². The molecule has 0 saturated heterocycles. The largest absolute Gasteiger partial charge is 0.481 e. The molecule has 0 bridgehead atoms. The number of hydrogen-bond donors (Lipinski definition) is 1. The van der Waals surface area contributed by atoms with Gasteiger partial charge in [-0.15, -0.1) is 0 Å². The number of rotatable bonds is 13. The van der Waals surface area contributed by atoms with Crippen LogP contribution < -0.4 is 0 Å². The zero-order valence-corrected chi connectivity index (χ0v) is 12.9. The van der Waals surface area contributed by atoms with E-state index >= 15 is 0 Å². The Kier molecular flexibility index (Phi) is 14.7. The molecule has 0 aromatic carbocycles. The predicted octanol–water partition coefficient (Wildman–Crippen LogP) is 5.66. The Balaban J connectivity index is 3.24. The van der Waals surface area contributed by atoms with Crippen molar-refractivity contribution in [2.24, 2.45) is 0 Å². The van der Waals surface area contributed by atoms with Crippen LogP contribution in [-0.4, -0.2) is 11.1 Å². The Labute approximate surface area is 124 Å². The van der Waals surface area contributed by atoms with E-state index in [1.807, 2.05) is 0 Å². The highest BCUT2D eigenvalue weighted by Crippen LogP contribution is 2.06. The maximum atomic E-state index is 10.3. The molecule has 0 heterocycles. The third-order valence-electron chi connectivity index (χ3n) is 3.02. The molecule has 2 nitrogen and oxygen atoms in total. The van der Waals surface area contributed by atoms with E-state index in [0.29, 0.717) is 6.42 Å². The molecule has 0 saturated carbocycles. The molecule has 0 aromatic heterocycles. The van der Waals surface area contributed by atoms with Gasteiger partial charge in [0, 0.05) is 6.42 Å². The summed E-state index contributed by atoms with van der Waals surface area (Å²) in [6.45, 7) is 2.15. The predicted molar refractivity (Wildman–Crippen MR) is 86.9 cm³/mol. The van der Waals surface area contributed by atoms with E-state index in [4.69, 9.17) is 5.11 Å². The lowest BCUT2D eigenvalue weighted by Gasteiger charge is -1.96. The normalized spacial score (nSPS) is 12.1. The first-order valence-corrected chi connectivity index (χ1v) is 7.94. The zero-order chi connectivity index (χ0) is 14.9. The van der Waals surface area contributed by atoms with Gasteiger partial charge in [0.2, 0.25) is 0 Å². The highest BCUT2D eigenvalue weighted by molar-refractivity contribution is 5.66. The van der Waals surface area contributed by atoms with E-state index in [9.17, 15) is 4.79 Å². The molecule has 0 unspecified atom stereocenters. The maximum absolute atomic E-state index is 10.3. The van der Waals surface area contributed by atoms with Crippen LogP contribution >= 0.6 is 0 Å². The summed E-state index contributed by atoms with van der Waals surface area (Å²) in [5, 5.41) is 8.50. The molecule has 0 aliphatic carbocycles. The van der Waals surface area contributed by atoms with Crippen molar-refractivity contribution >= 4 is 5.97 Å². The lowest BCUT2D eigenvalue weighted by atomic mass is 10.1.